The fourth-order valence-electron chi connectivity index (χ4n) is 5.10. The van der Waals surface area contributed by atoms with Gasteiger partial charge < -0.3 is 9.84 Å². The maximum Gasteiger partial charge on any atom is 0.119 e. The van der Waals surface area contributed by atoms with Crippen LogP contribution in [0.5, 0.6) is 5.75 Å². The fourth-order valence-corrected chi connectivity index (χ4v) is 5.10. The van der Waals surface area contributed by atoms with Gasteiger partial charge in [0.15, 0.2) is 0 Å². The molecule has 3 aliphatic rings. The van der Waals surface area contributed by atoms with Crippen molar-refractivity contribution in [1.29, 1.82) is 0 Å². The van der Waals surface area contributed by atoms with Crippen molar-refractivity contribution in [1.82, 2.24) is 9.80 Å². The third-order valence-electron chi connectivity index (χ3n) is 6.84. The van der Waals surface area contributed by atoms with Crippen LogP contribution in [0.3, 0.4) is 0 Å². The molecule has 0 spiro atoms. The largest absolute Gasteiger partial charge is 0.490 e. The van der Waals surface area contributed by atoms with Crippen molar-refractivity contribution in [3.05, 3.63) is 29.8 Å². The van der Waals surface area contributed by atoms with Gasteiger partial charge in [0, 0.05) is 25.7 Å². The van der Waals surface area contributed by atoms with Gasteiger partial charge in [-0.25, -0.2) is 0 Å². The van der Waals surface area contributed by atoms with Gasteiger partial charge in [-0.15, -0.1) is 0 Å². The Morgan fingerprint density at radius 3 is 2.33 bits per heavy atom. The number of nitrogens with zero attached hydrogens (tertiary/aromatic N) is 2. The first-order valence-corrected chi connectivity index (χ1v) is 11.1. The van der Waals surface area contributed by atoms with Crippen LogP contribution in [0.4, 0.5) is 0 Å². The van der Waals surface area contributed by atoms with Crippen LogP contribution in [0.15, 0.2) is 24.3 Å². The summed E-state index contributed by atoms with van der Waals surface area (Å²) in [5.41, 5.74) is 1.40. The highest BCUT2D eigenvalue weighted by atomic mass is 16.5. The summed E-state index contributed by atoms with van der Waals surface area (Å²) in [6.45, 7) is 6.14. The van der Waals surface area contributed by atoms with Crippen LogP contribution in [-0.2, 0) is 6.54 Å². The Bertz CT molecular complexity index is 562. The summed E-state index contributed by atoms with van der Waals surface area (Å²) in [6.07, 6.45) is 10.5. The third-order valence-corrected chi connectivity index (χ3v) is 6.84. The van der Waals surface area contributed by atoms with Gasteiger partial charge in [0.1, 0.15) is 5.75 Å². The fraction of sp³-hybridized carbons (Fsp3) is 0.739. The summed E-state index contributed by atoms with van der Waals surface area (Å²) in [6, 6.07) is 9.52. The molecule has 2 aliphatic heterocycles. The van der Waals surface area contributed by atoms with Crippen molar-refractivity contribution in [3.63, 3.8) is 0 Å². The maximum absolute atomic E-state index is 9.36. The SMILES string of the molecule is OCC1CCN(C2CCCN(Cc3ccc(OC4CCCC4)cc3)C2)CC1. The van der Waals surface area contributed by atoms with Gasteiger partial charge in [0.25, 0.3) is 0 Å². The highest BCUT2D eigenvalue weighted by molar-refractivity contribution is 5.27. The first-order valence-electron chi connectivity index (χ1n) is 11.1. The summed E-state index contributed by atoms with van der Waals surface area (Å²) in [7, 11) is 0. The summed E-state index contributed by atoms with van der Waals surface area (Å²) >= 11 is 0. The summed E-state index contributed by atoms with van der Waals surface area (Å²) in [5, 5.41) is 9.36. The molecule has 2 saturated heterocycles. The summed E-state index contributed by atoms with van der Waals surface area (Å²) in [4.78, 5) is 5.30. The monoisotopic (exact) mass is 372 g/mol. The molecule has 150 valence electrons. The average molecular weight is 373 g/mol. The lowest BCUT2D eigenvalue weighted by molar-refractivity contribution is 0.0544. The highest BCUT2D eigenvalue weighted by Gasteiger charge is 2.28. The quantitative estimate of drug-likeness (QED) is 0.826. The minimum Gasteiger partial charge on any atom is -0.490 e. The number of ether oxygens (including phenoxy) is 1. The molecule has 4 nitrogen and oxygen atoms in total. The van der Waals surface area contributed by atoms with Gasteiger partial charge in [-0.2, -0.15) is 0 Å². The van der Waals surface area contributed by atoms with E-state index < -0.39 is 0 Å². The van der Waals surface area contributed by atoms with E-state index >= 15 is 0 Å². The Labute approximate surface area is 164 Å². The molecule has 1 atom stereocenters. The lowest BCUT2D eigenvalue weighted by Gasteiger charge is -2.42. The molecule has 0 aromatic heterocycles. The van der Waals surface area contributed by atoms with Crippen molar-refractivity contribution in [2.75, 3.05) is 32.8 Å². The zero-order valence-electron chi connectivity index (χ0n) is 16.7. The van der Waals surface area contributed by atoms with Crippen molar-refractivity contribution < 1.29 is 9.84 Å². The molecule has 2 heterocycles. The standard InChI is InChI=1S/C23H36N2O2/c26-18-20-11-14-25(15-12-20)21-4-3-13-24(17-21)16-19-7-9-23(10-8-19)27-22-5-1-2-6-22/h7-10,20-22,26H,1-6,11-18H2. The van der Waals surface area contributed by atoms with E-state index in [1.165, 1.54) is 57.2 Å². The highest BCUT2D eigenvalue weighted by Crippen LogP contribution is 2.26. The molecule has 4 heteroatoms. The van der Waals surface area contributed by atoms with Gasteiger partial charge in [-0.05, 0) is 94.6 Å². The minimum absolute atomic E-state index is 0.366. The molecule has 0 radical (unpaired) electrons. The van der Waals surface area contributed by atoms with E-state index in [0.717, 1.165) is 38.2 Å². The number of piperidine rings is 2. The molecular weight excluding hydrogens is 336 g/mol. The first kappa shape index (κ1) is 19.2. The second kappa shape index (κ2) is 9.40. The first-order chi connectivity index (χ1) is 13.3. The summed E-state index contributed by atoms with van der Waals surface area (Å²) in [5.74, 6) is 1.57. The molecule has 1 N–H and O–H groups in total. The zero-order chi connectivity index (χ0) is 18.5. The molecule has 1 unspecified atom stereocenters. The van der Waals surface area contributed by atoms with Crippen molar-refractivity contribution in [3.8, 4) is 5.75 Å². The van der Waals surface area contributed by atoms with Gasteiger partial charge >= 0.3 is 0 Å². The predicted octanol–water partition coefficient (Wildman–Crippen LogP) is 3.68. The molecule has 3 fully saturated rings. The van der Waals surface area contributed by atoms with E-state index in [4.69, 9.17) is 4.74 Å². The van der Waals surface area contributed by atoms with E-state index in [2.05, 4.69) is 34.1 Å². The van der Waals surface area contributed by atoms with Gasteiger partial charge in [-0.3, -0.25) is 9.80 Å². The van der Waals surface area contributed by atoms with Crippen LogP contribution < -0.4 is 4.74 Å². The lowest BCUT2D eigenvalue weighted by Crippen LogP contribution is -2.50. The molecule has 4 rings (SSSR count). The summed E-state index contributed by atoms with van der Waals surface area (Å²) < 4.78 is 6.10. The molecule has 1 aromatic rings. The van der Waals surface area contributed by atoms with E-state index in [0.29, 0.717) is 24.7 Å². The number of likely N-dealkylation sites (tertiary alicyclic amines) is 2. The van der Waals surface area contributed by atoms with Crippen molar-refractivity contribution in [2.24, 2.45) is 5.92 Å². The second-order valence-electron chi connectivity index (χ2n) is 8.86. The third kappa shape index (κ3) is 5.24. The average Bonchev–Trinajstić information content (AvgIpc) is 3.23. The molecule has 0 bridgehead atoms. The van der Waals surface area contributed by atoms with Crippen molar-refractivity contribution in [2.45, 2.75) is 70.1 Å². The van der Waals surface area contributed by atoms with Crippen LogP contribution >= 0.6 is 0 Å². The van der Waals surface area contributed by atoms with Crippen LogP contribution in [0, 0.1) is 5.92 Å². The van der Waals surface area contributed by atoms with Gasteiger partial charge in [0.05, 0.1) is 6.10 Å². The Morgan fingerprint density at radius 1 is 0.889 bits per heavy atom. The van der Waals surface area contributed by atoms with E-state index in [1.807, 2.05) is 0 Å². The topological polar surface area (TPSA) is 35.9 Å². The van der Waals surface area contributed by atoms with Crippen LogP contribution in [0.25, 0.3) is 0 Å². The molecule has 1 aromatic carbocycles. The van der Waals surface area contributed by atoms with E-state index in [-0.39, 0.29) is 0 Å². The van der Waals surface area contributed by atoms with Crippen LogP contribution in [-0.4, -0.2) is 59.8 Å². The molecule has 27 heavy (non-hydrogen) atoms. The number of aliphatic hydroxyl groups excluding tert-OH is 1. The zero-order valence-corrected chi connectivity index (χ0v) is 16.7. The molecule has 1 saturated carbocycles. The van der Waals surface area contributed by atoms with Gasteiger partial charge in [0.2, 0.25) is 0 Å². The van der Waals surface area contributed by atoms with Gasteiger partial charge in [-0.1, -0.05) is 12.1 Å². The number of hydrogen-bond acceptors (Lipinski definition) is 4. The Balaban J connectivity index is 1.26. The predicted molar refractivity (Wildman–Crippen MR) is 109 cm³/mol. The number of rotatable bonds is 6. The molecule has 0 amide bonds. The van der Waals surface area contributed by atoms with Crippen LogP contribution in [0.2, 0.25) is 0 Å². The second-order valence-corrected chi connectivity index (χ2v) is 8.86. The minimum atomic E-state index is 0.366. The maximum atomic E-state index is 9.36. The van der Waals surface area contributed by atoms with E-state index in [1.54, 1.807) is 0 Å². The number of hydrogen-bond donors (Lipinski definition) is 1. The normalized spacial score (nSPS) is 26.5. The lowest BCUT2D eigenvalue weighted by atomic mass is 9.94. The Morgan fingerprint density at radius 2 is 1.63 bits per heavy atom. The number of benzene rings is 1. The Hall–Kier alpha value is -1.10. The Kier molecular flexibility index (Phi) is 6.69. The smallest absolute Gasteiger partial charge is 0.119 e. The molecular formula is C23H36N2O2. The van der Waals surface area contributed by atoms with Crippen molar-refractivity contribution >= 4 is 0 Å². The molecule has 1 aliphatic carbocycles. The van der Waals surface area contributed by atoms with Crippen LogP contribution in [0.1, 0.15) is 56.9 Å². The number of aliphatic hydroxyl groups is 1. The van der Waals surface area contributed by atoms with E-state index in [9.17, 15) is 5.11 Å².